The van der Waals surface area contributed by atoms with Gasteiger partial charge in [-0.15, -0.1) is 0 Å². The van der Waals surface area contributed by atoms with E-state index in [0.717, 1.165) is 26.4 Å². The minimum atomic E-state index is -1.33. The quantitative estimate of drug-likeness (QED) is 0.654. The van der Waals surface area contributed by atoms with Gasteiger partial charge in [-0.1, -0.05) is 0 Å². The normalized spacial score (nSPS) is 9.48. The molecular weight excluding hydrogens is 288 g/mol. The molecule has 0 saturated carbocycles. The number of carboxylic acids is 1. The van der Waals surface area contributed by atoms with Crippen LogP contribution in [0.25, 0.3) is 0 Å². The number of rotatable bonds is 4. The first-order chi connectivity index (χ1) is 9.92. The Balaban J connectivity index is 3.35. The van der Waals surface area contributed by atoms with E-state index in [1.54, 1.807) is 0 Å². The maximum atomic E-state index is 11.1. The van der Waals surface area contributed by atoms with Crippen LogP contribution >= 0.6 is 0 Å². The number of carbonyl (C=O) groups is 3. The SMILES string of the molecule is COC(=O)Oc1cc(C(=O)O)cc(OC(=O)OC)c1OC. The Labute approximate surface area is 118 Å². The van der Waals surface area contributed by atoms with Gasteiger partial charge in [-0.25, -0.2) is 14.4 Å². The molecule has 0 amide bonds. The van der Waals surface area contributed by atoms with Gasteiger partial charge in [-0.3, -0.25) is 0 Å². The number of hydrogen-bond acceptors (Lipinski definition) is 8. The summed E-state index contributed by atoms with van der Waals surface area (Å²) in [6, 6.07) is 2.03. The fourth-order valence-electron chi connectivity index (χ4n) is 1.32. The molecule has 114 valence electrons. The summed E-state index contributed by atoms with van der Waals surface area (Å²) in [5, 5.41) is 9.00. The summed E-state index contributed by atoms with van der Waals surface area (Å²) in [7, 11) is 3.35. The molecule has 0 unspecified atom stereocenters. The number of methoxy groups -OCH3 is 3. The number of carboxylic acid groups (broad SMARTS) is 1. The summed E-state index contributed by atoms with van der Waals surface area (Å²) in [4.78, 5) is 33.3. The van der Waals surface area contributed by atoms with Crippen molar-refractivity contribution in [2.24, 2.45) is 0 Å². The molecule has 9 nitrogen and oxygen atoms in total. The molecule has 21 heavy (non-hydrogen) atoms. The number of benzene rings is 1. The van der Waals surface area contributed by atoms with Crippen molar-refractivity contribution in [1.82, 2.24) is 0 Å². The molecule has 0 heterocycles. The molecule has 1 aromatic rings. The second-order valence-electron chi connectivity index (χ2n) is 3.42. The van der Waals surface area contributed by atoms with Gasteiger partial charge in [0.2, 0.25) is 5.75 Å². The monoisotopic (exact) mass is 300 g/mol. The summed E-state index contributed by atoms with van der Waals surface area (Å²) in [5.74, 6) is -2.08. The Kier molecular flexibility index (Phi) is 5.35. The lowest BCUT2D eigenvalue weighted by atomic mass is 10.2. The van der Waals surface area contributed by atoms with E-state index in [1.165, 1.54) is 7.11 Å². The highest BCUT2D eigenvalue weighted by Crippen LogP contribution is 2.39. The zero-order valence-corrected chi connectivity index (χ0v) is 11.4. The van der Waals surface area contributed by atoms with Crippen LogP contribution in [-0.4, -0.2) is 44.7 Å². The third-order valence-corrected chi connectivity index (χ3v) is 2.19. The van der Waals surface area contributed by atoms with E-state index in [2.05, 4.69) is 9.47 Å². The molecule has 0 spiro atoms. The fourth-order valence-corrected chi connectivity index (χ4v) is 1.32. The Morgan fingerprint density at radius 2 is 1.33 bits per heavy atom. The van der Waals surface area contributed by atoms with Crippen LogP contribution in [-0.2, 0) is 9.47 Å². The lowest BCUT2D eigenvalue weighted by molar-refractivity contribution is 0.0693. The van der Waals surface area contributed by atoms with Gasteiger partial charge >= 0.3 is 18.3 Å². The smallest absolute Gasteiger partial charge is 0.490 e. The van der Waals surface area contributed by atoms with E-state index < -0.39 is 18.3 Å². The molecule has 0 aliphatic heterocycles. The molecule has 9 heteroatoms. The molecule has 0 aliphatic carbocycles. The molecule has 0 aromatic heterocycles. The summed E-state index contributed by atoms with van der Waals surface area (Å²) in [6.45, 7) is 0. The van der Waals surface area contributed by atoms with Gasteiger partial charge in [0.25, 0.3) is 0 Å². The predicted molar refractivity (Wildman–Crippen MR) is 66.0 cm³/mol. The third-order valence-electron chi connectivity index (χ3n) is 2.19. The Bertz CT molecular complexity index is 525. The van der Waals surface area contributed by atoms with Crippen LogP contribution in [0.1, 0.15) is 10.4 Å². The van der Waals surface area contributed by atoms with Crippen LogP contribution in [0.2, 0.25) is 0 Å². The van der Waals surface area contributed by atoms with E-state index in [-0.39, 0.29) is 22.8 Å². The van der Waals surface area contributed by atoms with Crippen molar-refractivity contribution >= 4 is 18.3 Å². The van der Waals surface area contributed by atoms with Crippen molar-refractivity contribution in [1.29, 1.82) is 0 Å². The summed E-state index contributed by atoms with van der Waals surface area (Å²) in [6.07, 6.45) is -2.19. The van der Waals surface area contributed by atoms with Crippen molar-refractivity contribution in [3.63, 3.8) is 0 Å². The van der Waals surface area contributed by atoms with E-state index in [9.17, 15) is 14.4 Å². The zero-order chi connectivity index (χ0) is 16.0. The molecular formula is C12H12O9. The Morgan fingerprint density at radius 1 is 0.905 bits per heavy atom. The number of hydrogen-bond donors (Lipinski definition) is 1. The number of ether oxygens (including phenoxy) is 5. The zero-order valence-electron chi connectivity index (χ0n) is 11.4. The molecule has 1 aromatic carbocycles. The van der Waals surface area contributed by atoms with E-state index in [1.807, 2.05) is 0 Å². The highest BCUT2D eigenvalue weighted by atomic mass is 16.7. The van der Waals surface area contributed by atoms with E-state index >= 15 is 0 Å². The molecule has 0 bridgehead atoms. The Hall–Kier alpha value is -2.97. The van der Waals surface area contributed by atoms with Crippen molar-refractivity contribution in [3.8, 4) is 17.2 Å². The van der Waals surface area contributed by atoms with Crippen LogP contribution in [0, 0.1) is 0 Å². The molecule has 0 aliphatic rings. The molecule has 0 saturated heterocycles. The van der Waals surface area contributed by atoms with Gasteiger partial charge in [0, 0.05) is 0 Å². The summed E-state index contributed by atoms with van der Waals surface area (Å²) < 4.78 is 23.0. The second-order valence-corrected chi connectivity index (χ2v) is 3.42. The van der Waals surface area contributed by atoms with Crippen LogP contribution in [0.15, 0.2) is 12.1 Å². The van der Waals surface area contributed by atoms with Gasteiger partial charge in [-0.2, -0.15) is 0 Å². The average molecular weight is 300 g/mol. The highest BCUT2D eigenvalue weighted by molar-refractivity contribution is 5.90. The van der Waals surface area contributed by atoms with Crippen molar-refractivity contribution in [2.45, 2.75) is 0 Å². The average Bonchev–Trinajstić information content (AvgIpc) is 2.46. The van der Waals surface area contributed by atoms with Crippen LogP contribution in [0.4, 0.5) is 9.59 Å². The molecule has 1 N–H and O–H groups in total. The first-order valence-electron chi connectivity index (χ1n) is 5.39. The lowest BCUT2D eigenvalue weighted by Gasteiger charge is -2.13. The minimum absolute atomic E-state index is 0.171. The number of aromatic carboxylic acids is 1. The summed E-state index contributed by atoms with van der Waals surface area (Å²) in [5.41, 5.74) is -0.298. The van der Waals surface area contributed by atoms with E-state index in [4.69, 9.17) is 19.3 Å². The second kappa shape index (κ2) is 6.98. The van der Waals surface area contributed by atoms with E-state index in [0.29, 0.717) is 0 Å². The summed E-state index contributed by atoms with van der Waals surface area (Å²) >= 11 is 0. The predicted octanol–water partition coefficient (Wildman–Crippen LogP) is 1.68. The fraction of sp³-hybridized carbons (Fsp3) is 0.250. The van der Waals surface area contributed by atoms with Gasteiger partial charge < -0.3 is 28.8 Å². The van der Waals surface area contributed by atoms with Gasteiger partial charge in [0.15, 0.2) is 11.5 Å². The van der Waals surface area contributed by atoms with Crippen molar-refractivity contribution < 1.29 is 43.2 Å². The lowest BCUT2D eigenvalue weighted by Crippen LogP contribution is -2.12. The maximum absolute atomic E-state index is 11.1. The molecule has 0 radical (unpaired) electrons. The van der Waals surface area contributed by atoms with Crippen LogP contribution in [0.5, 0.6) is 17.2 Å². The van der Waals surface area contributed by atoms with Gasteiger partial charge in [0.1, 0.15) is 0 Å². The van der Waals surface area contributed by atoms with Crippen molar-refractivity contribution in [3.05, 3.63) is 17.7 Å². The van der Waals surface area contributed by atoms with Crippen LogP contribution < -0.4 is 14.2 Å². The highest BCUT2D eigenvalue weighted by Gasteiger charge is 2.22. The van der Waals surface area contributed by atoms with Crippen LogP contribution in [0.3, 0.4) is 0 Å². The third kappa shape index (κ3) is 4.00. The topological polar surface area (TPSA) is 118 Å². The molecule has 1 rings (SSSR count). The first kappa shape index (κ1) is 16.1. The van der Waals surface area contributed by atoms with Crippen molar-refractivity contribution in [2.75, 3.05) is 21.3 Å². The molecule has 0 fully saturated rings. The van der Waals surface area contributed by atoms with Gasteiger partial charge in [0.05, 0.1) is 26.9 Å². The Morgan fingerprint density at radius 3 is 1.62 bits per heavy atom. The number of carbonyl (C=O) groups excluding carboxylic acids is 2. The first-order valence-corrected chi connectivity index (χ1v) is 5.39. The van der Waals surface area contributed by atoms with Gasteiger partial charge in [-0.05, 0) is 12.1 Å². The minimum Gasteiger partial charge on any atom is -0.490 e. The molecule has 0 atom stereocenters. The standard InChI is InChI=1S/C12H12O9/c1-17-9-7(20-11(15)18-2)4-6(10(13)14)5-8(9)21-12(16)19-3/h4-5H,1-3H3,(H,13,14). The largest absolute Gasteiger partial charge is 0.513 e. The maximum Gasteiger partial charge on any atom is 0.513 e.